The zero-order valence-corrected chi connectivity index (χ0v) is 10.4. The number of hydrogen-bond acceptors (Lipinski definition) is 6. The molecule has 4 nitrogen and oxygen atoms in total. The Morgan fingerprint density at radius 3 is 3.25 bits per heavy atom. The second kappa shape index (κ2) is 6.18. The first-order valence-electron chi connectivity index (χ1n) is 5.06. The molecule has 0 bridgehead atoms. The van der Waals surface area contributed by atoms with Crippen LogP contribution < -0.4 is 5.32 Å². The highest BCUT2D eigenvalue weighted by Gasteiger charge is 2.21. The summed E-state index contributed by atoms with van der Waals surface area (Å²) in [6, 6.07) is 0. The molecular formula is C10H13N3OS2. The van der Waals surface area contributed by atoms with Crippen molar-refractivity contribution in [2.45, 2.75) is 11.8 Å². The normalized spacial score (nSPS) is 20.6. The van der Waals surface area contributed by atoms with E-state index in [2.05, 4.69) is 21.4 Å². The van der Waals surface area contributed by atoms with Gasteiger partial charge in [-0.2, -0.15) is 16.7 Å². The monoisotopic (exact) mass is 255 g/mol. The standard InChI is InChI=1S/C10H13N3OS2/c1-2-3-11-6-9-12-10(13-14-9)8-7-15-4-5-16-8/h1,8,11H,3-7H2. The van der Waals surface area contributed by atoms with E-state index in [9.17, 15) is 0 Å². The number of nitrogens with zero attached hydrogens (tertiary/aromatic N) is 2. The van der Waals surface area contributed by atoms with Crippen LogP contribution in [-0.2, 0) is 6.54 Å². The maximum absolute atomic E-state index is 5.15. The fourth-order valence-corrected chi connectivity index (χ4v) is 3.94. The van der Waals surface area contributed by atoms with E-state index in [1.54, 1.807) is 0 Å². The molecule has 2 rings (SSSR count). The summed E-state index contributed by atoms with van der Waals surface area (Å²) < 4.78 is 5.15. The quantitative estimate of drug-likeness (QED) is 0.647. The van der Waals surface area contributed by atoms with E-state index in [1.165, 1.54) is 5.75 Å². The molecule has 0 aliphatic carbocycles. The Kier molecular flexibility index (Phi) is 4.57. The molecule has 0 radical (unpaired) electrons. The molecule has 86 valence electrons. The molecule has 1 fully saturated rings. The smallest absolute Gasteiger partial charge is 0.240 e. The Morgan fingerprint density at radius 1 is 1.56 bits per heavy atom. The van der Waals surface area contributed by atoms with Crippen LogP contribution in [-0.4, -0.2) is 33.9 Å². The van der Waals surface area contributed by atoms with Crippen LogP contribution in [0.3, 0.4) is 0 Å². The third-order valence-electron chi connectivity index (χ3n) is 2.09. The number of rotatable bonds is 4. The summed E-state index contributed by atoms with van der Waals surface area (Å²) in [6.45, 7) is 1.06. The third-order valence-corrected chi connectivity index (χ3v) is 4.84. The van der Waals surface area contributed by atoms with Gasteiger partial charge in [-0.25, -0.2) is 0 Å². The lowest BCUT2D eigenvalue weighted by atomic mass is 10.4. The van der Waals surface area contributed by atoms with Gasteiger partial charge in [0.2, 0.25) is 5.89 Å². The van der Waals surface area contributed by atoms with Crippen molar-refractivity contribution in [3.05, 3.63) is 11.7 Å². The van der Waals surface area contributed by atoms with Crippen molar-refractivity contribution >= 4 is 23.5 Å². The number of terminal acetylenes is 1. The molecule has 1 N–H and O–H groups in total. The van der Waals surface area contributed by atoms with Gasteiger partial charge >= 0.3 is 0 Å². The Balaban J connectivity index is 1.88. The highest BCUT2D eigenvalue weighted by Crippen LogP contribution is 2.34. The molecule has 1 aromatic rings. The maximum atomic E-state index is 5.15. The molecule has 2 heterocycles. The van der Waals surface area contributed by atoms with Gasteiger partial charge in [-0.05, 0) is 0 Å². The highest BCUT2D eigenvalue weighted by molar-refractivity contribution is 8.06. The van der Waals surface area contributed by atoms with Crippen molar-refractivity contribution in [3.63, 3.8) is 0 Å². The Bertz CT molecular complexity index is 368. The minimum absolute atomic E-state index is 0.379. The zero-order chi connectivity index (χ0) is 11.2. The fourth-order valence-electron chi connectivity index (χ4n) is 1.35. The summed E-state index contributed by atoms with van der Waals surface area (Å²) in [6.07, 6.45) is 5.13. The predicted molar refractivity (Wildman–Crippen MR) is 67.4 cm³/mol. The first kappa shape index (κ1) is 11.8. The van der Waals surface area contributed by atoms with E-state index in [1.807, 2.05) is 23.5 Å². The van der Waals surface area contributed by atoms with Crippen LogP contribution in [0.1, 0.15) is 17.0 Å². The van der Waals surface area contributed by atoms with Crippen molar-refractivity contribution in [1.82, 2.24) is 15.5 Å². The van der Waals surface area contributed by atoms with Gasteiger partial charge in [0, 0.05) is 17.3 Å². The molecule has 1 aliphatic rings. The largest absolute Gasteiger partial charge is 0.338 e. The van der Waals surface area contributed by atoms with Crippen LogP contribution in [0.15, 0.2) is 4.52 Å². The summed E-state index contributed by atoms with van der Waals surface area (Å²) >= 11 is 3.84. The lowest BCUT2D eigenvalue weighted by Gasteiger charge is -2.16. The molecule has 1 saturated heterocycles. The molecule has 1 unspecified atom stereocenters. The molecule has 1 aromatic heterocycles. The van der Waals surface area contributed by atoms with Gasteiger partial charge < -0.3 is 4.52 Å². The minimum atomic E-state index is 0.379. The maximum Gasteiger partial charge on any atom is 0.240 e. The SMILES string of the molecule is C#CCNCc1nc(C2CSCCS2)no1. The molecule has 1 atom stereocenters. The van der Waals surface area contributed by atoms with E-state index in [0.717, 1.165) is 17.3 Å². The number of nitrogens with one attached hydrogen (secondary N) is 1. The molecule has 1 aliphatic heterocycles. The summed E-state index contributed by atoms with van der Waals surface area (Å²) in [5.41, 5.74) is 0. The zero-order valence-electron chi connectivity index (χ0n) is 8.81. The first-order valence-corrected chi connectivity index (χ1v) is 7.26. The second-order valence-electron chi connectivity index (χ2n) is 3.29. The summed E-state index contributed by atoms with van der Waals surface area (Å²) in [4.78, 5) is 4.36. The van der Waals surface area contributed by atoms with E-state index in [-0.39, 0.29) is 0 Å². The number of hydrogen-bond donors (Lipinski definition) is 1. The van der Waals surface area contributed by atoms with E-state index < -0.39 is 0 Å². The lowest BCUT2D eigenvalue weighted by Crippen LogP contribution is -2.13. The Morgan fingerprint density at radius 2 is 2.50 bits per heavy atom. The first-order chi connectivity index (χ1) is 7.90. The molecule has 0 spiro atoms. The molecular weight excluding hydrogens is 242 g/mol. The number of thioether (sulfide) groups is 2. The molecule has 16 heavy (non-hydrogen) atoms. The second-order valence-corrected chi connectivity index (χ2v) is 5.75. The van der Waals surface area contributed by atoms with Gasteiger partial charge in [0.15, 0.2) is 5.82 Å². The molecule has 0 saturated carbocycles. The molecule has 6 heteroatoms. The summed E-state index contributed by atoms with van der Waals surface area (Å²) in [7, 11) is 0. The topological polar surface area (TPSA) is 51.0 Å². The van der Waals surface area contributed by atoms with Crippen LogP contribution in [0, 0.1) is 12.3 Å². The minimum Gasteiger partial charge on any atom is -0.338 e. The van der Waals surface area contributed by atoms with Crippen LogP contribution in [0.25, 0.3) is 0 Å². The molecule has 0 aromatic carbocycles. The van der Waals surface area contributed by atoms with Crippen LogP contribution in [0.5, 0.6) is 0 Å². The fraction of sp³-hybridized carbons (Fsp3) is 0.600. The van der Waals surface area contributed by atoms with Gasteiger partial charge in [-0.1, -0.05) is 11.1 Å². The van der Waals surface area contributed by atoms with Crippen molar-refractivity contribution in [1.29, 1.82) is 0 Å². The van der Waals surface area contributed by atoms with Crippen molar-refractivity contribution in [3.8, 4) is 12.3 Å². The average molecular weight is 255 g/mol. The van der Waals surface area contributed by atoms with Crippen molar-refractivity contribution < 1.29 is 4.52 Å². The summed E-state index contributed by atoms with van der Waals surface area (Å²) in [5, 5.41) is 7.41. The lowest BCUT2D eigenvalue weighted by molar-refractivity contribution is 0.365. The van der Waals surface area contributed by atoms with E-state index >= 15 is 0 Å². The Hall–Kier alpha value is -0.640. The number of aromatic nitrogens is 2. The van der Waals surface area contributed by atoms with Crippen LogP contribution >= 0.6 is 23.5 Å². The van der Waals surface area contributed by atoms with Gasteiger partial charge in [0.25, 0.3) is 0 Å². The van der Waals surface area contributed by atoms with Crippen molar-refractivity contribution in [2.24, 2.45) is 0 Å². The average Bonchev–Trinajstić information content (AvgIpc) is 2.79. The van der Waals surface area contributed by atoms with E-state index in [0.29, 0.717) is 24.2 Å². The van der Waals surface area contributed by atoms with Gasteiger partial charge in [0.05, 0.1) is 18.3 Å². The van der Waals surface area contributed by atoms with Gasteiger partial charge in [-0.15, -0.1) is 18.2 Å². The molecule has 0 amide bonds. The van der Waals surface area contributed by atoms with Crippen molar-refractivity contribution in [2.75, 3.05) is 23.8 Å². The third kappa shape index (κ3) is 3.17. The van der Waals surface area contributed by atoms with Gasteiger partial charge in [0.1, 0.15) is 0 Å². The summed E-state index contributed by atoms with van der Waals surface area (Å²) in [5.74, 6) is 7.38. The highest BCUT2D eigenvalue weighted by atomic mass is 32.2. The predicted octanol–water partition coefficient (Wildman–Crippen LogP) is 1.31. The van der Waals surface area contributed by atoms with Crippen LogP contribution in [0.2, 0.25) is 0 Å². The Labute approximate surface area is 103 Å². The van der Waals surface area contributed by atoms with Crippen LogP contribution in [0.4, 0.5) is 0 Å². The van der Waals surface area contributed by atoms with Gasteiger partial charge in [-0.3, -0.25) is 5.32 Å². The van der Waals surface area contributed by atoms with E-state index in [4.69, 9.17) is 10.9 Å².